The molecule has 2 N–H and O–H groups in total. The molecule has 0 aromatic carbocycles. The Bertz CT molecular complexity index is 448. The Morgan fingerprint density at radius 2 is 2.35 bits per heavy atom. The van der Waals surface area contributed by atoms with Crippen LogP contribution >= 0.6 is 11.6 Å². The van der Waals surface area contributed by atoms with E-state index in [0.717, 1.165) is 0 Å². The maximum Gasteiger partial charge on any atom is 0.326 e. The highest BCUT2D eigenvalue weighted by Crippen LogP contribution is 2.13. The van der Waals surface area contributed by atoms with Crippen molar-refractivity contribution in [3.8, 4) is 0 Å². The van der Waals surface area contributed by atoms with Crippen molar-refractivity contribution in [1.82, 2.24) is 10.3 Å². The fourth-order valence-corrected chi connectivity index (χ4v) is 1.39. The highest BCUT2D eigenvalue weighted by Gasteiger charge is 2.20. The molecular weight excluding hydrogens is 244 g/mol. The van der Waals surface area contributed by atoms with Crippen LogP contribution in [0.1, 0.15) is 16.8 Å². The summed E-state index contributed by atoms with van der Waals surface area (Å²) in [7, 11) is 0. The summed E-state index contributed by atoms with van der Waals surface area (Å²) in [6, 6.07) is 0.411. The van der Waals surface area contributed by atoms with Crippen LogP contribution in [0, 0.1) is 0 Å². The van der Waals surface area contributed by atoms with E-state index in [1.54, 1.807) is 0 Å². The number of carbonyl (C=O) groups is 2. The number of carboxylic acid groups (broad SMARTS) is 1. The monoisotopic (exact) mass is 254 g/mol. The molecule has 1 aromatic rings. The number of halogens is 1. The molecule has 17 heavy (non-hydrogen) atoms. The van der Waals surface area contributed by atoms with Gasteiger partial charge in [0.1, 0.15) is 6.04 Å². The number of hydrogen-bond acceptors (Lipinski definition) is 3. The van der Waals surface area contributed by atoms with E-state index in [1.807, 2.05) is 0 Å². The highest BCUT2D eigenvalue weighted by atomic mass is 35.5. The van der Waals surface area contributed by atoms with Gasteiger partial charge in [0.15, 0.2) is 0 Å². The quantitative estimate of drug-likeness (QED) is 0.781. The van der Waals surface area contributed by atoms with E-state index in [-0.39, 0.29) is 17.0 Å². The number of carboxylic acids is 1. The standard InChI is InChI=1S/C11H11ClN2O3/c1-2-3-9(11(16)17)14-10(15)7-4-5-13-6-8(7)12/h2,4-6,9H,1,3H2,(H,14,15)(H,16,17). The first-order valence-corrected chi connectivity index (χ1v) is 5.18. The zero-order valence-corrected chi connectivity index (χ0v) is 9.65. The second-order valence-corrected chi connectivity index (χ2v) is 3.65. The third kappa shape index (κ3) is 3.57. The molecule has 0 saturated carbocycles. The molecule has 90 valence electrons. The molecule has 5 nitrogen and oxygen atoms in total. The summed E-state index contributed by atoms with van der Waals surface area (Å²) in [6.45, 7) is 3.43. The number of amides is 1. The number of nitrogens with zero attached hydrogens (tertiary/aromatic N) is 1. The molecule has 0 spiro atoms. The molecule has 0 aliphatic carbocycles. The Hall–Kier alpha value is -1.88. The summed E-state index contributed by atoms with van der Waals surface area (Å²) in [4.78, 5) is 26.3. The third-order valence-electron chi connectivity index (χ3n) is 2.02. The second-order valence-electron chi connectivity index (χ2n) is 3.24. The Kier molecular flexibility index (Phi) is 4.66. The number of rotatable bonds is 5. The lowest BCUT2D eigenvalue weighted by molar-refractivity contribution is -0.139. The lowest BCUT2D eigenvalue weighted by Crippen LogP contribution is -2.40. The van der Waals surface area contributed by atoms with E-state index in [9.17, 15) is 9.59 Å². The van der Waals surface area contributed by atoms with Crippen LogP contribution in [-0.2, 0) is 4.79 Å². The first kappa shape index (κ1) is 13.2. The third-order valence-corrected chi connectivity index (χ3v) is 2.32. The predicted molar refractivity (Wildman–Crippen MR) is 63.0 cm³/mol. The van der Waals surface area contributed by atoms with Crippen LogP contribution in [0.4, 0.5) is 0 Å². The van der Waals surface area contributed by atoms with Crippen LogP contribution < -0.4 is 5.32 Å². The molecule has 1 aromatic heterocycles. The summed E-state index contributed by atoms with van der Waals surface area (Å²) in [5.41, 5.74) is 0.192. The normalized spacial score (nSPS) is 11.6. The summed E-state index contributed by atoms with van der Waals surface area (Å²) >= 11 is 5.77. The first-order chi connectivity index (χ1) is 8.06. The molecule has 0 aliphatic rings. The zero-order chi connectivity index (χ0) is 12.8. The van der Waals surface area contributed by atoms with E-state index in [2.05, 4.69) is 16.9 Å². The summed E-state index contributed by atoms with van der Waals surface area (Å²) in [5.74, 6) is -1.67. The number of aromatic nitrogens is 1. The van der Waals surface area contributed by atoms with Crippen molar-refractivity contribution >= 4 is 23.5 Å². The van der Waals surface area contributed by atoms with Gasteiger partial charge in [-0.25, -0.2) is 4.79 Å². The fraction of sp³-hybridized carbons (Fsp3) is 0.182. The second kappa shape index (κ2) is 6.00. The Labute approximate surface area is 103 Å². The number of hydrogen-bond donors (Lipinski definition) is 2. The van der Waals surface area contributed by atoms with Gasteiger partial charge in [-0.05, 0) is 12.5 Å². The fourth-order valence-electron chi connectivity index (χ4n) is 1.18. The van der Waals surface area contributed by atoms with Crippen LogP contribution in [0.3, 0.4) is 0 Å². The van der Waals surface area contributed by atoms with Gasteiger partial charge in [-0.1, -0.05) is 17.7 Å². The van der Waals surface area contributed by atoms with Crippen molar-refractivity contribution in [2.75, 3.05) is 0 Å². The lowest BCUT2D eigenvalue weighted by Gasteiger charge is -2.12. The van der Waals surface area contributed by atoms with Gasteiger partial charge in [0.2, 0.25) is 0 Å². The molecular formula is C11H11ClN2O3. The highest BCUT2D eigenvalue weighted by molar-refractivity contribution is 6.33. The molecule has 1 amide bonds. The lowest BCUT2D eigenvalue weighted by atomic mass is 10.2. The van der Waals surface area contributed by atoms with Crippen molar-refractivity contribution in [2.24, 2.45) is 0 Å². The molecule has 1 heterocycles. The molecule has 0 saturated heterocycles. The van der Waals surface area contributed by atoms with Gasteiger partial charge < -0.3 is 10.4 Å². The minimum absolute atomic E-state index is 0.143. The van der Waals surface area contributed by atoms with Gasteiger partial charge in [0.05, 0.1) is 10.6 Å². The largest absolute Gasteiger partial charge is 0.480 e. The molecule has 0 aliphatic heterocycles. The van der Waals surface area contributed by atoms with Gasteiger partial charge >= 0.3 is 5.97 Å². The molecule has 1 unspecified atom stereocenters. The topological polar surface area (TPSA) is 79.3 Å². The molecule has 1 rings (SSSR count). The number of aliphatic carboxylic acids is 1. The van der Waals surface area contributed by atoms with Crippen LogP contribution in [0.2, 0.25) is 5.02 Å². The molecule has 6 heteroatoms. The average Bonchev–Trinajstić information content (AvgIpc) is 2.28. The van der Waals surface area contributed by atoms with Gasteiger partial charge in [0.25, 0.3) is 5.91 Å². The zero-order valence-electron chi connectivity index (χ0n) is 8.89. The first-order valence-electron chi connectivity index (χ1n) is 4.80. The summed E-state index contributed by atoms with van der Waals surface area (Å²) in [5, 5.41) is 11.4. The molecule has 0 bridgehead atoms. The Morgan fingerprint density at radius 3 is 2.88 bits per heavy atom. The SMILES string of the molecule is C=CCC(NC(=O)c1ccncc1Cl)C(=O)O. The van der Waals surface area contributed by atoms with Gasteiger partial charge in [-0.2, -0.15) is 0 Å². The number of nitrogens with one attached hydrogen (secondary N) is 1. The maximum atomic E-state index is 11.7. The van der Waals surface area contributed by atoms with Crippen molar-refractivity contribution in [2.45, 2.75) is 12.5 Å². The summed E-state index contributed by atoms with van der Waals surface area (Å²) < 4.78 is 0. The smallest absolute Gasteiger partial charge is 0.326 e. The Morgan fingerprint density at radius 1 is 1.65 bits per heavy atom. The molecule has 0 fully saturated rings. The average molecular weight is 255 g/mol. The molecule has 0 radical (unpaired) electrons. The van der Waals surface area contributed by atoms with E-state index >= 15 is 0 Å². The van der Waals surface area contributed by atoms with E-state index in [4.69, 9.17) is 16.7 Å². The summed E-state index contributed by atoms with van der Waals surface area (Å²) in [6.07, 6.45) is 4.29. The van der Waals surface area contributed by atoms with Gasteiger partial charge in [0, 0.05) is 12.4 Å². The minimum atomic E-state index is -1.12. The molecule has 1 atom stereocenters. The van der Waals surface area contributed by atoms with Crippen molar-refractivity contribution in [3.05, 3.63) is 41.7 Å². The van der Waals surface area contributed by atoms with E-state index in [0.29, 0.717) is 0 Å². The van der Waals surface area contributed by atoms with Crippen molar-refractivity contribution in [3.63, 3.8) is 0 Å². The van der Waals surface area contributed by atoms with Gasteiger partial charge in [-0.15, -0.1) is 6.58 Å². The minimum Gasteiger partial charge on any atom is -0.480 e. The van der Waals surface area contributed by atoms with Gasteiger partial charge in [-0.3, -0.25) is 9.78 Å². The van der Waals surface area contributed by atoms with Crippen LogP contribution in [0.5, 0.6) is 0 Å². The number of carbonyl (C=O) groups excluding carboxylic acids is 1. The van der Waals surface area contributed by atoms with Crippen LogP contribution in [0.15, 0.2) is 31.1 Å². The Balaban J connectivity index is 2.81. The van der Waals surface area contributed by atoms with E-state index < -0.39 is 17.9 Å². The number of pyridine rings is 1. The van der Waals surface area contributed by atoms with Crippen molar-refractivity contribution in [1.29, 1.82) is 0 Å². The van der Waals surface area contributed by atoms with E-state index in [1.165, 1.54) is 24.5 Å². The van der Waals surface area contributed by atoms with Crippen LogP contribution in [0.25, 0.3) is 0 Å². The van der Waals surface area contributed by atoms with Crippen molar-refractivity contribution < 1.29 is 14.7 Å². The predicted octanol–water partition coefficient (Wildman–Crippen LogP) is 1.49. The van der Waals surface area contributed by atoms with Crippen LogP contribution in [-0.4, -0.2) is 28.0 Å². The maximum absolute atomic E-state index is 11.7.